The summed E-state index contributed by atoms with van der Waals surface area (Å²) in [5.74, 6) is 0.796. The lowest BCUT2D eigenvalue weighted by atomic mass is 10.1. The molecule has 0 N–H and O–H groups in total. The van der Waals surface area contributed by atoms with E-state index in [0.717, 1.165) is 15.8 Å². The van der Waals surface area contributed by atoms with Crippen LogP contribution in [0.1, 0.15) is 22.8 Å². The van der Waals surface area contributed by atoms with Crippen LogP contribution in [0, 0.1) is 0 Å². The van der Waals surface area contributed by atoms with E-state index in [2.05, 4.69) is 15.9 Å². The van der Waals surface area contributed by atoms with Crippen molar-refractivity contribution in [2.45, 2.75) is 6.92 Å². The average molecular weight is 311 g/mol. The molecule has 2 nitrogen and oxygen atoms in total. The van der Waals surface area contributed by atoms with E-state index < -0.39 is 0 Å². The van der Waals surface area contributed by atoms with Gasteiger partial charge in [-0.15, -0.1) is 0 Å². The normalized spacial score (nSPS) is 10.2. The third-order valence-electron chi connectivity index (χ3n) is 2.28. The van der Waals surface area contributed by atoms with E-state index in [0.29, 0.717) is 12.2 Å². The lowest BCUT2D eigenvalue weighted by molar-refractivity contribution is 0.103. The Morgan fingerprint density at radius 1 is 1.35 bits per heavy atom. The Morgan fingerprint density at radius 3 is 2.76 bits per heavy atom. The molecule has 0 aliphatic rings. The zero-order chi connectivity index (χ0) is 12.3. The number of hydrogen-bond acceptors (Lipinski definition) is 3. The first-order valence-corrected chi connectivity index (χ1v) is 6.95. The predicted octanol–water partition coefficient (Wildman–Crippen LogP) is 4.14. The number of rotatable bonds is 4. The molecule has 0 radical (unpaired) electrons. The highest BCUT2D eigenvalue weighted by molar-refractivity contribution is 9.10. The van der Waals surface area contributed by atoms with Crippen LogP contribution < -0.4 is 4.74 Å². The van der Waals surface area contributed by atoms with Gasteiger partial charge < -0.3 is 4.74 Å². The van der Waals surface area contributed by atoms with E-state index >= 15 is 0 Å². The molecule has 1 aromatic heterocycles. The van der Waals surface area contributed by atoms with Gasteiger partial charge in [-0.25, -0.2) is 0 Å². The van der Waals surface area contributed by atoms with Crippen LogP contribution in [0.5, 0.6) is 5.75 Å². The van der Waals surface area contributed by atoms with Crippen molar-refractivity contribution in [3.63, 3.8) is 0 Å². The van der Waals surface area contributed by atoms with E-state index in [-0.39, 0.29) is 5.78 Å². The summed E-state index contributed by atoms with van der Waals surface area (Å²) >= 11 is 4.93. The highest BCUT2D eigenvalue weighted by atomic mass is 79.9. The maximum absolute atomic E-state index is 12.1. The number of carbonyl (C=O) groups is 1. The van der Waals surface area contributed by atoms with Crippen LogP contribution in [0.4, 0.5) is 0 Å². The Balaban J connectivity index is 2.29. The molecule has 1 aromatic carbocycles. The van der Waals surface area contributed by atoms with E-state index in [1.165, 1.54) is 11.3 Å². The quantitative estimate of drug-likeness (QED) is 0.793. The molecule has 0 atom stereocenters. The minimum Gasteiger partial charge on any atom is -0.493 e. The molecule has 0 fully saturated rings. The number of halogens is 1. The molecule has 4 heteroatoms. The highest BCUT2D eigenvalue weighted by Gasteiger charge is 2.11. The van der Waals surface area contributed by atoms with Crippen molar-refractivity contribution in [1.82, 2.24) is 0 Å². The summed E-state index contributed by atoms with van der Waals surface area (Å²) in [6.45, 7) is 2.54. The molecule has 0 amide bonds. The van der Waals surface area contributed by atoms with Crippen molar-refractivity contribution in [3.05, 3.63) is 50.6 Å². The van der Waals surface area contributed by atoms with E-state index in [1.807, 2.05) is 29.8 Å². The third-order valence-corrected chi connectivity index (χ3v) is 3.58. The van der Waals surface area contributed by atoms with E-state index in [1.54, 1.807) is 12.1 Å². The summed E-state index contributed by atoms with van der Waals surface area (Å²) < 4.78 is 6.21. The second kappa shape index (κ2) is 5.47. The Bertz CT molecular complexity index is 520. The summed E-state index contributed by atoms with van der Waals surface area (Å²) in [6, 6.07) is 7.23. The fourth-order valence-electron chi connectivity index (χ4n) is 1.47. The molecular formula is C13H11BrO2S. The topological polar surface area (TPSA) is 26.3 Å². The molecule has 0 aliphatic heterocycles. The average Bonchev–Trinajstić information content (AvgIpc) is 2.84. The van der Waals surface area contributed by atoms with Gasteiger partial charge in [-0.1, -0.05) is 0 Å². The largest absolute Gasteiger partial charge is 0.493 e. The molecule has 2 rings (SSSR count). The lowest BCUT2D eigenvalue weighted by Crippen LogP contribution is -2.00. The summed E-state index contributed by atoms with van der Waals surface area (Å²) in [4.78, 5) is 12.1. The van der Waals surface area contributed by atoms with Crippen LogP contribution >= 0.6 is 27.3 Å². The highest BCUT2D eigenvalue weighted by Crippen LogP contribution is 2.27. The zero-order valence-corrected chi connectivity index (χ0v) is 11.7. The Hall–Kier alpha value is -1.13. The fourth-order valence-corrected chi connectivity index (χ4v) is 2.60. The van der Waals surface area contributed by atoms with Gasteiger partial charge in [-0.3, -0.25) is 4.79 Å². The van der Waals surface area contributed by atoms with Gasteiger partial charge >= 0.3 is 0 Å². The lowest BCUT2D eigenvalue weighted by Gasteiger charge is -2.07. The summed E-state index contributed by atoms with van der Waals surface area (Å²) in [5.41, 5.74) is 1.39. The van der Waals surface area contributed by atoms with Gasteiger partial charge in [0.1, 0.15) is 5.75 Å². The van der Waals surface area contributed by atoms with Gasteiger partial charge in [0.05, 0.1) is 11.1 Å². The number of thiophene rings is 1. The summed E-state index contributed by atoms with van der Waals surface area (Å²) in [7, 11) is 0. The first-order chi connectivity index (χ1) is 8.22. The molecule has 17 heavy (non-hydrogen) atoms. The molecule has 0 saturated heterocycles. The Morgan fingerprint density at radius 2 is 2.18 bits per heavy atom. The molecule has 2 aromatic rings. The number of carbonyl (C=O) groups excluding carboxylic acids is 1. The monoisotopic (exact) mass is 310 g/mol. The van der Waals surface area contributed by atoms with Crippen molar-refractivity contribution in [2.75, 3.05) is 6.61 Å². The molecule has 0 bridgehead atoms. The molecule has 0 spiro atoms. The Labute approximate surface area is 112 Å². The van der Waals surface area contributed by atoms with Gasteiger partial charge in [0.2, 0.25) is 0 Å². The smallest absolute Gasteiger partial charge is 0.193 e. The molecule has 88 valence electrons. The van der Waals surface area contributed by atoms with Crippen LogP contribution in [-0.4, -0.2) is 12.4 Å². The first kappa shape index (κ1) is 12.3. The van der Waals surface area contributed by atoms with Crippen molar-refractivity contribution < 1.29 is 9.53 Å². The standard InChI is InChI=1S/C13H11BrO2S/c1-2-16-12-4-3-9(7-11(12)14)13(15)10-5-6-17-8-10/h3-8H,2H2,1H3. The second-order valence-electron chi connectivity index (χ2n) is 3.42. The fraction of sp³-hybridized carbons (Fsp3) is 0.154. The van der Waals surface area contributed by atoms with Crippen LogP contribution in [-0.2, 0) is 0 Å². The zero-order valence-electron chi connectivity index (χ0n) is 9.27. The number of benzene rings is 1. The van der Waals surface area contributed by atoms with Crippen molar-refractivity contribution >= 4 is 33.0 Å². The maximum atomic E-state index is 12.1. The second-order valence-corrected chi connectivity index (χ2v) is 5.05. The third kappa shape index (κ3) is 2.76. The molecular weight excluding hydrogens is 300 g/mol. The van der Waals surface area contributed by atoms with Gasteiger partial charge in [0.15, 0.2) is 5.78 Å². The van der Waals surface area contributed by atoms with Gasteiger partial charge in [-0.2, -0.15) is 11.3 Å². The van der Waals surface area contributed by atoms with Crippen LogP contribution in [0.3, 0.4) is 0 Å². The SMILES string of the molecule is CCOc1ccc(C(=O)c2ccsc2)cc1Br. The van der Waals surface area contributed by atoms with Crippen molar-refractivity contribution in [1.29, 1.82) is 0 Å². The maximum Gasteiger partial charge on any atom is 0.193 e. The predicted molar refractivity (Wildman–Crippen MR) is 73.1 cm³/mol. The first-order valence-electron chi connectivity index (χ1n) is 5.21. The van der Waals surface area contributed by atoms with Crippen LogP contribution in [0.2, 0.25) is 0 Å². The van der Waals surface area contributed by atoms with Crippen LogP contribution in [0.25, 0.3) is 0 Å². The van der Waals surface area contributed by atoms with Gasteiger partial charge in [0, 0.05) is 16.5 Å². The molecule has 1 heterocycles. The minimum absolute atomic E-state index is 0.0370. The molecule has 0 unspecified atom stereocenters. The summed E-state index contributed by atoms with van der Waals surface area (Å²) in [5, 5.41) is 3.75. The van der Waals surface area contributed by atoms with Gasteiger partial charge in [-0.05, 0) is 52.5 Å². The Kier molecular flexibility index (Phi) is 3.97. The van der Waals surface area contributed by atoms with Crippen molar-refractivity contribution in [3.8, 4) is 5.75 Å². The molecule has 0 saturated carbocycles. The van der Waals surface area contributed by atoms with Crippen molar-refractivity contribution in [2.24, 2.45) is 0 Å². The number of ether oxygens (including phenoxy) is 1. The molecule has 0 aliphatic carbocycles. The summed E-state index contributed by atoms with van der Waals surface area (Å²) in [6.07, 6.45) is 0. The van der Waals surface area contributed by atoms with E-state index in [9.17, 15) is 4.79 Å². The minimum atomic E-state index is 0.0370. The van der Waals surface area contributed by atoms with Crippen LogP contribution in [0.15, 0.2) is 39.5 Å². The number of hydrogen-bond donors (Lipinski definition) is 0. The van der Waals surface area contributed by atoms with Gasteiger partial charge in [0.25, 0.3) is 0 Å². The van der Waals surface area contributed by atoms with E-state index in [4.69, 9.17) is 4.74 Å². The number of ketones is 1.